The SMILES string of the molecule is Cn1c(=O)c2c(ncn2Cc2ccc(Cl)c3cccnc23)n(C)c1=O. The Morgan fingerprint density at radius 3 is 2.68 bits per heavy atom. The highest BCUT2D eigenvalue weighted by atomic mass is 35.5. The van der Waals surface area contributed by atoms with E-state index in [0.717, 1.165) is 21.0 Å². The Hall–Kier alpha value is -2.93. The van der Waals surface area contributed by atoms with Gasteiger partial charge in [0.05, 0.1) is 18.4 Å². The Morgan fingerprint density at radius 1 is 1.08 bits per heavy atom. The van der Waals surface area contributed by atoms with Crippen LogP contribution in [0.2, 0.25) is 5.02 Å². The fourth-order valence-corrected chi connectivity index (χ4v) is 3.24. The lowest BCUT2D eigenvalue weighted by Gasteiger charge is -2.09. The van der Waals surface area contributed by atoms with Crippen molar-refractivity contribution in [3.63, 3.8) is 0 Å². The maximum atomic E-state index is 12.5. The second-order valence-corrected chi connectivity index (χ2v) is 6.26. The molecule has 0 atom stereocenters. The highest BCUT2D eigenvalue weighted by Crippen LogP contribution is 2.25. The fraction of sp³-hybridized carbons (Fsp3) is 0.176. The van der Waals surface area contributed by atoms with Gasteiger partial charge in [-0.1, -0.05) is 17.7 Å². The molecule has 0 aliphatic carbocycles. The summed E-state index contributed by atoms with van der Waals surface area (Å²) in [6.45, 7) is 0.397. The number of aryl methyl sites for hydroxylation is 1. The van der Waals surface area contributed by atoms with Crippen molar-refractivity contribution in [1.82, 2.24) is 23.7 Å². The normalized spacial score (nSPS) is 11.5. The first kappa shape index (κ1) is 15.6. The molecule has 1 aromatic carbocycles. The number of aromatic nitrogens is 5. The molecule has 8 heteroatoms. The van der Waals surface area contributed by atoms with Crippen molar-refractivity contribution in [2.75, 3.05) is 0 Å². The van der Waals surface area contributed by atoms with Crippen LogP contribution in [0.3, 0.4) is 0 Å². The minimum atomic E-state index is -0.402. The Bertz CT molecular complexity index is 1250. The van der Waals surface area contributed by atoms with Gasteiger partial charge in [0.15, 0.2) is 11.2 Å². The van der Waals surface area contributed by atoms with E-state index in [0.29, 0.717) is 22.7 Å². The summed E-state index contributed by atoms with van der Waals surface area (Å²) in [6.07, 6.45) is 3.27. The maximum Gasteiger partial charge on any atom is 0.332 e. The van der Waals surface area contributed by atoms with E-state index in [9.17, 15) is 9.59 Å². The van der Waals surface area contributed by atoms with Gasteiger partial charge in [-0.2, -0.15) is 0 Å². The van der Waals surface area contributed by atoms with Crippen LogP contribution >= 0.6 is 11.6 Å². The Morgan fingerprint density at radius 2 is 1.88 bits per heavy atom. The molecule has 0 saturated heterocycles. The van der Waals surface area contributed by atoms with Crippen molar-refractivity contribution < 1.29 is 0 Å². The lowest BCUT2D eigenvalue weighted by Crippen LogP contribution is -2.37. The van der Waals surface area contributed by atoms with Gasteiger partial charge in [0.1, 0.15) is 0 Å². The molecule has 0 bridgehead atoms. The van der Waals surface area contributed by atoms with Crippen molar-refractivity contribution in [2.45, 2.75) is 6.54 Å². The van der Waals surface area contributed by atoms with Gasteiger partial charge in [-0.15, -0.1) is 0 Å². The third-order valence-electron chi connectivity index (χ3n) is 4.36. The molecule has 25 heavy (non-hydrogen) atoms. The Kier molecular flexibility index (Phi) is 3.47. The van der Waals surface area contributed by atoms with E-state index in [2.05, 4.69) is 9.97 Å². The van der Waals surface area contributed by atoms with E-state index >= 15 is 0 Å². The summed E-state index contributed by atoms with van der Waals surface area (Å²) < 4.78 is 4.18. The van der Waals surface area contributed by atoms with Gasteiger partial charge in [-0.05, 0) is 23.8 Å². The molecule has 0 amide bonds. The zero-order valence-corrected chi connectivity index (χ0v) is 14.4. The highest BCUT2D eigenvalue weighted by molar-refractivity contribution is 6.35. The van der Waals surface area contributed by atoms with Crippen molar-refractivity contribution in [2.24, 2.45) is 14.1 Å². The Balaban J connectivity index is 1.95. The molecule has 0 radical (unpaired) electrons. The number of hydrogen-bond acceptors (Lipinski definition) is 4. The van der Waals surface area contributed by atoms with Crippen molar-refractivity contribution in [3.8, 4) is 0 Å². The molecule has 0 spiro atoms. The molecular weight excluding hydrogens is 342 g/mol. The quantitative estimate of drug-likeness (QED) is 0.548. The molecule has 7 nitrogen and oxygen atoms in total. The largest absolute Gasteiger partial charge is 0.332 e. The third kappa shape index (κ3) is 2.27. The van der Waals surface area contributed by atoms with Gasteiger partial charge in [0.2, 0.25) is 0 Å². The number of hydrogen-bond donors (Lipinski definition) is 0. The van der Waals surface area contributed by atoms with Gasteiger partial charge in [-0.25, -0.2) is 9.78 Å². The molecule has 3 heterocycles. The summed E-state index contributed by atoms with van der Waals surface area (Å²) in [7, 11) is 3.06. The van der Waals surface area contributed by atoms with Crippen LogP contribution in [0, 0.1) is 0 Å². The van der Waals surface area contributed by atoms with Crippen LogP contribution in [-0.4, -0.2) is 23.7 Å². The number of imidazole rings is 1. The standard InChI is InChI=1S/C17H14ClN5O2/c1-21-15-14(16(24)22(2)17(21)25)23(9-20-15)8-10-5-6-12(18)11-4-3-7-19-13(10)11/h3-7,9H,8H2,1-2H3. The number of halogens is 1. The minimum Gasteiger partial charge on any atom is -0.320 e. The van der Waals surface area contributed by atoms with Crippen molar-refractivity contribution in [3.05, 3.63) is 68.2 Å². The molecule has 3 aromatic heterocycles. The first-order chi connectivity index (χ1) is 12.0. The molecule has 0 aliphatic heterocycles. The first-order valence-electron chi connectivity index (χ1n) is 7.62. The van der Waals surface area contributed by atoms with E-state index in [-0.39, 0.29) is 5.56 Å². The zero-order valence-electron chi connectivity index (χ0n) is 13.6. The predicted octanol–water partition coefficient (Wildman–Crippen LogP) is 1.68. The number of rotatable bonds is 2. The van der Waals surface area contributed by atoms with E-state index < -0.39 is 5.69 Å². The molecule has 126 valence electrons. The second-order valence-electron chi connectivity index (χ2n) is 5.86. The highest BCUT2D eigenvalue weighted by Gasteiger charge is 2.15. The summed E-state index contributed by atoms with van der Waals surface area (Å²) >= 11 is 6.24. The number of fused-ring (bicyclic) bond motifs is 2. The molecule has 4 aromatic rings. The first-order valence-corrected chi connectivity index (χ1v) is 8.00. The molecular formula is C17H14ClN5O2. The van der Waals surface area contributed by atoms with Crippen LogP contribution in [0.5, 0.6) is 0 Å². The average Bonchev–Trinajstić information content (AvgIpc) is 3.04. The maximum absolute atomic E-state index is 12.5. The lowest BCUT2D eigenvalue weighted by atomic mass is 10.1. The number of benzene rings is 1. The van der Waals surface area contributed by atoms with Gasteiger partial charge >= 0.3 is 5.69 Å². The van der Waals surface area contributed by atoms with E-state index in [1.165, 1.54) is 11.6 Å². The van der Waals surface area contributed by atoms with Gasteiger partial charge in [-0.3, -0.25) is 18.9 Å². The molecule has 4 rings (SSSR count). The smallest absolute Gasteiger partial charge is 0.320 e. The van der Waals surface area contributed by atoms with Gasteiger partial charge < -0.3 is 4.57 Å². The number of nitrogens with zero attached hydrogens (tertiary/aromatic N) is 5. The minimum absolute atomic E-state index is 0.360. The molecule has 0 N–H and O–H groups in total. The van der Waals surface area contributed by atoms with E-state index in [1.54, 1.807) is 24.1 Å². The van der Waals surface area contributed by atoms with E-state index in [1.807, 2.05) is 24.3 Å². The summed E-state index contributed by atoms with van der Waals surface area (Å²) in [5, 5.41) is 1.48. The third-order valence-corrected chi connectivity index (χ3v) is 4.69. The van der Waals surface area contributed by atoms with Crippen LogP contribution in [0.15, 0.2) is 46.4 Å². The topological polar surface area (TPSA) is 74.7 Å². The van der Waals surface area contributed by atoms with Crippen LogP contribution in [0.1, 0.15) is 5.56 Å². The second kappa shape index (κ2) is 5.56. The molecule has 0 unspecified atom stereocenters. The predicted molar refractivity (Wildman–Crippen MR) is 96.1 cm³/mol. The van der Waals surface area contributed by atoms with Crippen LogP contribution < -0.4 is 11.2 Å². The Labute approximate surface area is 146 Å². The fourth-order valence-electron chi connectivity index (χ4n) is 3.02. The van der Waals surface area contributed by atoms with Gasteiger partial charge in [0.25, 0.3) is 5.56 Å². The number of pyridine rings is 1. The summed E-state index contributed by atoms with van der Waals surface area (Å²) in [5.41, 5.74) is 1.65. The van der Waals surface area contributed by atoms with Crippen LogP contribution in [0.4, 0.5) is 0 Å². The van der Waals surface area contributed by atoms with Gasteiger partial charge in [0, 0.05) is 30.7 Å². The molecule has 0 fully saturated rings. The summed E-state index contributed by atoms with van der Waals surface area (Å²) in [6, 6.07) is 7.43. The summed E-state index contributed by atoms with van der Waals surface area (Å²) in [5.74, 6) is 0. The van der Waals surface area contributed by atoms with Crippen LogP contribution in [-0.2, 0) is 20.6 Å². The van der Waals surface area contributed by atoms with Crippen molar-refractivity contribution in [1.29, 1.82) is 0 Å². The molecule has 0 aliphatic rings. The van der Waals surface area contributed by atoms with E-state index in [4.69, 9.17) is 11.6 Å². The average molecular weight is 356 g/mol. The molecule has 0 saturated carbocycles. The van der Waals surface area contributed by atoms with Crippen LogP contribution in [0.25, 0.3) is 22.1 Å². The zero-order chi connectivity index (χ0) is 17.7. The summed E-state index contributed by atoms with van der Waals surface area (Å²) in [4.78, 5) is 33.2. The van der Waals surface area contributed by atoms with Crippen molar-refractivity contribution >= 4 is 33.7 Å². The lowest BCUT2D eigenvalue weighted by molar-refractivity contribution is 0.702. The monoisotopic (exact) mass is 355 g/mol.